The van der Waals surface area contributed by atoms with E-state index in [9.17, 15) is 13.2 Å². The molecule has 3 unspecified atom stereocenters. The molecule has 114 valence electrons. The van der Waals surface area contributed by atoms with Crippen molar-refractivity contribution in [1.82, 2.24) is 15.5 Å². The van der Waals surface area contributed by atoms with Gasteiger partial charge in [0.05, 0.1) is 12.0 Å². The van der Waals surface area contributed by atoms with Crippen LogP contribution in [0.15, 0.2) is 0 Å². The molecule has 2 rings (SSSR count). The van der Waals surface area contributed by atoms with Crippen molar-refractivity contribution in [3.05, 3.63) is 10.0 Å². The van der Waals surface area contributed by atoms with Gasteiger partial charge in [0.1, 0.15) is 10.0 Å². The number of nitrogens with one attached hydrogen (secondary N) is 1. The summed E-state index contributed by atoms with van der Waals surface area (Å²) in [6.07, 6.45) is -1.86. The molecule has 0 aliphatic heterocycles. The maximum absolute atomic E-state index is 13.1. The van der Waals surface area contributed by atoms with Gasteiger partial charge in [-0.3, -0.25) is 0 Å². The van der Waals surface area contributed by atoms with Crippen LogP contribution in [0.5, 0.6) is 0 Å². The van der Waals surface area contributed by atoms with Gasteiger partial charge in [0.2, 0.25) is 0 Å². The summed E-state index contributed by atoms with van der Waals surface area (Å²) in [5.41, 5.74) is 0. The van der Waals surface area contributed by atoms with Crippen molar-refractivity contribution in [2.75, 3.05) is 6.54 Å². The van der Waals surface area contributed by atoms with E-state index in [1.807, 2.05) is 13.8 Å². The van der Waals surface area contributed by atoms with Gasteiger partial charge in [-0.2, -0.15) is 13.2 Å². The smallest absolute Gasteiger partial charge is 0.308 e. The fraction of sp³-hybridized carbons (Fsp3) is 0.846. The number of rotatable bonds is 4. The summed E-state index contributed by atoms with van der Waals surface area (Å²) < 4.78 is 39.3. The van der Waals surface area contributed by atoms with Crippen LogP contribution in [0.25, 0.3) is 0 Å². The monoisotopic (exact) mass is 307 g/mol. The summed E-state index contributed by atoms with van der Waals surface area (Å²) in [6, 6.07) is 0.0409. The average molecular weight is 307 g/mol. The summed E-state index contributed by atoms with van der Waals surface area (Å²) in [5.74, 6) is -1.77. The highest BCUT2D eigenvalue weighted by molar-refractivity contribution is 7.11. The van der Waals surface area contributed by atoms with Crippen LogP contribution >= 0.6 is 11.3 Å². The van der Waals surface area contributed by atoms with E-state index in [1.54, 1.807) is 0 Å². The maximum Gasteiger partial charge on any atom is 0.392 e. The van der Waals surface area contributed by atoms with Gasteiger partial charge < -0.3 is 5.32 Å². The number of halogens is 3. The predicted molar refractivity (Wildman–Crippen MR) is 72.8 cm³/mol. The summed E-state index contributed by atoms with van der Waals surface area (Å²) in [4.78, 5) is 0. The van der Waals surface area contributed by atoms with Crippen LogP contribution in [-0.2, 0) is 0 Å². The van der Waals surface area contributed by atoms with Crippen LogP contribution in [0.2, 0.25) is 0 Å². The third kappa shape index (κ3) is 3.49. The molecule has 0 bridgehead atoms. The normalized spacial score (nSPS) is 25.6. The van der Waals surface area contributed by atoms with Crippen molar-refractivity contribution < 1.29 is 13.2 Å². The molecule has 1 aromatic rings. The number of aromatic nitrogens is 2. The second-order valence-corrected chi connectivity index (χ2v) is 6.34. The van der Waals surface area contributed by atoms with E-state index >= 15 is 0 Å². The largest absolute Gasteiger partial charge is 0.392 e. The molecular formula is C13H20F3N3S. The lowest BCUT2D eigenvalue weighted by Gasteiger charge is -2.31. The van der Waals surface area contributed by atoms with Gasteiger partial charge in [-0.1, -0.05) is 31.1 Å². The molecule has 1 N–H and O–H groups in total. The average Bonchev–Trinajstić information content (AvgIpc) is 2.87. The fourth-order valence-electron chi connectivity index (χ4n) is 2.78. The number of nitrogens with zero attached hydrogens (tertiary/aromatic N) is 2. The van der Waals surface area contributed by atoms with Gasteiger partial charge in [0, 0.05) is 5.92 Å². The Morgan fingerprint density at radius 2 is 2.00 bits per heavy atom. The van der Waals surface area contributed by atoms with E-state index in [0.29, 0.717) is 17.8 Å². The van der Waals surface area contributed by atoms with Gasteiger partial charge in [-0.25, -0.2) is 0 Å². The highest BCUT2D eigenvalue weighted by atomic mass is 32.1. The zero-order valence-electron chi connectivity index (χ0n) is 11.7. The molecule has 1 saturated carbocycles. The van der Waals surface area contributed by atoms with E-state index in [2.05, 4.69) is 15.5 Å². The second kappa shape index (κ2) is 6.39. The lowest BCUT2D eigenvalue weighted by molar-refractivity contribution is -0.187. The Morgan fingerprint density at radius 3 is 2.65 bits per heavy atom. The van der Waals surface area contributed by atoms with Crippen molar-refractivity contribution in [3.8, 4) is 0 Å². The Balaban J connectivity index is 2.16. The Labute approximate surface area is 121 Å². The molecule has 0 spiro atoms. The van der Waals surface area contributed by atoms with Crippen LogP contribution in [0, 0.1) is 5.92 Å². The van der Waals surface area contributed by atoms with Crippen LogP contribution in [0.1, 0.15) is 61.5 Å². The minimum absolute atomic E-state index is 0.0409. The first-order valence-corrected chi connectivity index (χ1v) is 7.88. The van der Waals surface area contributed by atoms with Gasteiger partial charge in [0.15, 0.2) is 0 Å². The molecule has 1 aliphatic carbocycles. The Hall–Kier alpha value is -0.690. The van der Waals surface area contributed by atoms with E-state index < -0.39 is 18.0 Å². The quantitative estimate of drug-likeness (QED) is 0.912. The fourth-order valence-corrected chi connectivity index (χ4v) is 3.85. The van der Waals surface area contributed by atoms with Crippen molar-refractivity contribution in [1.29, 1.82) is 0 Å². The molecule has 1 heterocycles. The highest BCUT2D eigenvalue weighted by Crippen LogP contribution is 2.47. The SMILES string of the molecule is CCNC(C)c1nnc(C2CCCCC2C(F)(F)F)s1. The molecule has 1 aromatic heterocycles. The predicted octanol–water partition coefficient (Wildman–Crippen LogP) is 4.04. The summed E-state index contributed by atoms with van der Waals surface area (Å²) in [5, 5.41) is 12.6. The number of hydrogen-bond acceptors (Lipinski definition) is 4. The van der Waals surface area contributed by atoms with Crippen molar-refractivity contribution in [2.24, 2.45) is 5.92 Å². The lowest BCUT2D eigenvalue weighted by Crippen LogP contribution is -2.31. The summed E-state index contributed by atoms with van der Waals surface area (Å²) >= 11 is 1.32. The van der Waals surface area contributed by atoms with Crippen molar-refractivity contribution >= 4 is 11.3 Å². The second-order valence-electron chi connectivity index (χ2n) is 5.30. The third-order valence-corrected chi connectivity index (χ3v) is 5.08. The zero-order chi connectivity index (χ0) is 14.8. The van der Waals surface area contributed by atoms with Gasteiger partial charge >= 0.3 is 6.18 Å². The molecule has 3 nitrogen and oxygen atoms in total. The first-order valence-electron chi connectivity index (χ1n) is 7.06. The molecule has 0 radical (unpaired) electrons. The van der Waals surface area contributed by atoms with Crippen molar-refractivity contribution in [3.63, 3.8) is 0 Å². The molecule has 1 aliphatic rings. The van der Waals surface area contributed by atoms with Crippen LogP contribution < -0.4 is 5.32 Å². The van der Waals surface area contributed by atoms with Crippen molar-refractivity contribution in [2.45, 2.75) is 57.7 Å². The molecule has 7 heteroatoms. The first kappa shape index (κ1) is 15.7. The van der Waals surface area contributed by atoms with Gasteiger partial charge in [-0.05, 0) is 26.3 Å². The molecule has 20 heavy (non-hydrogen) atoms. The van der Waals surface area contributed by atoms with E-state index in [4.69, 9.17) is 0 Å². The number of hydrogen-bond donors (Lipinski definition) is 1. The van der Waals surface area contributed by atoms with E-state index in [-0.39, 0.29) is 12.5 Å². The highest BCUT2D eigenvalue weighted by Gasteiger charge is 2.47. The molecule has 0 amide bonds. The summed E-state index contributed by atoms with van der Waals surface area (Å²) in [6.45, 7) is 4.74. The van der Waals surface area contributed by atoms with E-state index in [1.165, 1.54) is 11.3 Å². The lowest BCUT2D eigenvalue weighted by atomic mass is 9.79. The topological polar surface area (TPSA) is 37.8 Å². The minimum Gasteiger partial charge on any atom is -0.308 e. The number of alkyl halides is 3. The Morgan fingerprint density at radius 1 is 1.30 bits per heavy atom. The van der Waals surface area contributed by atoms with Gasteiger partial charge in [-0.15, -0.1) is 10.2 Å². The molecule has 1 fully saturated rings. The van der Waals surface area contributed by atoms with Crippen LogP contribution in [0.4, 0.5) is 13.2 Å². The first-order chi connectivity index (χ1) is 9.43. The molecule has 0 aromatic carbocycles. The van der Waals surface area contributed by atoms with Crippen LogP contribution in [-0.4, -0.2) is 22.9 Å². The van der Waals surface area contributed by atoms with E-state index in [0.717, 1.165) is 18.0 Å². The van der Waals surface area contributed by atoms with Crippen LogP contribution in [0.3, 0.4) is 0 Å². The molecular weight excluding hydrogens is 287 g/mol. The molecule has 3 atom stereocenters. The zero-order valence-corrected chi connectivity index (χ0v) is 12.5. The Kier molecular flexibility index (Phi) is 5.01. The molecule has 0 saturated heterocycles. The Bertz CT molecular complexity index is 433. The third-order valence-electron chi connectivity index (χ3n) is 3.84. The standard InChI is InChI=1S/C13H20F3N3S/c1-3-17-8(2)11-18-19-12(20-11)9-6-4-5-7-10(9)13(14,15)16/h8-10,17H,3-7H2,1-2H3. The minimum atomic E-state index is -4.13. The summed E-state index contributed by atoms with van der Waals surface area (Å²) in [7, 11) is 0. The van der Waals surface area contributed by atoms with Gasteiger partial charge in [0.25, 0.3) is 0 Å². The maximum atomic E-state index is 13.1.